The van der Waals surface area contributed by atoms with E-state index in [2.05, 4.69) is 15.1 Å². The first-order chi connectivity index (χ1) is 11.5. The number of hydrogen-bond donors (Lipinski definition) is 2. The van der Waals surface area contributed by atoms with Crippen molar-refractivity contribution in [2.24, 2.45) is 12.1 Å². The normalized spacial score (nSPS) is 11.9. The Morgan fingerprint density at radius 2 is 2.00 bits per heavy atom. The molecule has 1 aromatic carbocycles. The van der Waals surface area contributed by atoms with Gasteiger partial charge in [-0.05, 0) is 30.3 Å². The maximum absolute atomic E-state index is 13.4. The molecule has 0 radical (unpaired) electrons. The summed E-state index contributed by atoms with van der Waals surface area (Å²) >= 11 is 0. The number of aryl methyl sites for hydroxylation is 1. The van der Waals surface area contributed by atoms with Gasteiger partial charge in [0.2, 0.25) is 0 Å². The third kappa shape index (κ3) is 2.08. The molecule has 0 saturated carbocycles. The predicted octanol–water partition coefficient (Wildman–Crippen LogP) is 1.53. The molecule has 3 aromatic heterocycles. The summed E-state index contributed by atoms with van der Waals surface area (Å²) in [5.74, 6) is -0.449. The maximum Gasteiger partial charge on any atom is 0.350 e. The number of fused-ring (bicyclic) bond motifs is 3. The van der Waals surface area contributed by atoms with E-state index in [1.54, 1.807) is 10.6 Å². The van der Waals surface area contributed by atoms with Crippen LogP contribution in [0.3, 0.4) is 0 Å². The van der Waals surface area contributed by atoms with Gasteiger partial charge in [-0.2, -0.15) is 5.10 Å². The molecule has 4 rings (SSSR count). The number of nitrogens with zero attached hydrogens (tertiary/aromatic N) is 3. The average Bonchev–Trinajstić information content (AvgIpc) is 3.11. The zero-order valence-corrected chi connectivity index (χ0v) is 12.6. The highest BCUT2D eigenvalue weighted by Gasteiger charge is 2.13. The van der Waals surface area contributed by atoms with E-state index in [0.717, 1.165) is 10.4 Å². The zero-order chi connectivity index (χ0) is 16.8. The first-order valence-electron chi connectivity index (χ1n) is 7.16. The Bertz CT molecular complexity index is 1220. The van der Waals surface area contributed by atoms with Gasteiger partial charge >= 0.3 is 11.2 Å². The number of benzene rings is 1. The zero-order valence-electron chi connectivity index (χ0n) is 12.6. The van der Waals surface area contributed by atoms with Crippen molar-refractivity contribution < 1.29 is 4.39 Å². The fourth-order valence-electron chi connectivity index (χ4n) is 2.64. The van der Waals surface area contributed by atoms with Crippen LogP contribution < -0.4 is 11.2 Å². The molecule has 0 spiro atoms. The Morgan fingerprint density at radius 1 is 1.17 bits per heavy atom. The molecule has 2 N–H and O–H groups in total. The molecule has 0 aliphatic rings. The van der Waals surface area contributed by atoms with E-state index >= 15 is 0 Å². The van der Waals surface area contributed by atoms with Crippen molar-refractivity contribution in [1.29, 1.82) is 0 Å². The van der Waals surface area contributed by atoms with Crippen LogP contribution in [0.2, 0.25) is 0 Å². The van der Waals surface area contributed by atoms with Gasteiger partial charge in [0.15, 0.2) is 0 Å². The topological polar surface area (TPSA) is 87.9 Å². The number of H-pyrrole nitrogens is 2. The van der Waals surface area contributed by atoms with Crippen LogP contribution in [0.5, 0.6) is 0 Å². The second kappa shape index (κ2) is 5.05. The summed E-state index contributed by atoms with van der Waals surface area (Å²) < 4.78 is 16.0. The molecular weight excluding hydrogens is 313 g/mol. The summed E-state index contributed by atoms with van der Waals surface area (Å²) in [6, 6.07) is 7.68. The Balaban J connectivity index is 1.96. The summed E-state index contributed by atoms with van der Waals surface area (Å²) in [7, 11) is 1.82. The average molecular weight is 325 g/mol. The van der Waals surface area contributed by atoms with Crippen molar-refractivity contribution in [3.63, 3.8) is 0 Å². The van der Waals surface area contributed by atoms with Gasteiger partial charge in [0.25, 0.3) is 0 Å². The quantitative estimate of drug-likeness (QED) is 0.548. The number of rotatable bonds is 2. The first-order valence-corrected chi connectivity index (χ1v) is 7.16. The van der Waals surface area contributed by atoms with Gasteiger partial charge < -0.3 is 14.5 Å². The number of nitrogens with one attached hydrogen (secondary N) is 2. The van der Waals surface area contributed by atoms with Gasteiger partial charge in [-0.3, -0.25) is 4.79 Å². The minimum atomic E-state index is -0.692. The highest BCUT2D eigenvalue weighted by Crippen LogP contribution is 2.21. The summed E-state index contributed by atoms with van der Waals surface area (Å²) in [5.41, 5.74) is 0.436. The second-order valence-corrected chi connectivity index (χ2v) is 5.40. The van der Waals surface area contributed by atoms with E-state index in [4.69, 9.17) is 0 Å². The lowest BCUT2D eigenvalue weighted by atomic mass is 10.2. The van der Waals surface area contributed by atoms with Gasteiger partial charge in [-0.1, -0.05) is 0 Å². The van der Waals surface area contributed by atoms with Crippen molar-refractivity contribution in [1.82, 2.24) is 19.2 Å². The lowest BCUT2D eigenvalue weighted by Gasteiger charge is -1.98. The smallest absolute Gasteiger partial charge is 0.350 e. The van der Waals surface area contributed by atoms with Crippen LogP contribution in [0.1, 0.15) is 5.69 Å². The lowest BCUT2D eigenvalue weighted by molar-refractivity contribution is 0.630. The second-order valence-electron chi connectivity index (χ2n) is 5.40. The van der Waals surface area contributed by atoms with Crippen LogP contribution in [0, 0.1) is 5.82 Å². The molecule has 0 unspecified atom stereocenters. The Labute approximate surface area is 133 Å². The molecule has 7 nitrogen and oxygen atoms in total. The Morgan fingerprint density at radius 3 is 2.75 bits per heavy atom. The molecule has 0 amide bonds. The van der Waals surface area contributed by atoms with Crippen molar-refractivity contribution in [3.05, 3.63) is 68.9 Å². The van der Waals surface area contributed by atoms with Crippen LogP contribution >= 0.6 is 0 Å². The van der Waals surface area contributed by atoms with E-state index in [-0.39, 0.29) is 11.0 Å². The molecule has 0 bridgehead atoms. The molecule has 0 saturated heterocycles. The first kappa shape index (κ1) is 14.2. The Kier molecular flexibility index (Phi) is 2.99. The minimum Gasteiger partial charge on any atom is -0.350 e. The van der Waals surface area contributed by atoms with Gasteiger partial charge in [-0.25, -0.2) is 9.18 Å². The largest absolute Gasteiger partial charge is 0.350 e. The number of aromatic nitrogens is 4. The molecule has 0 aliphatic heterocycles. The van der Waals surface area contributed by atoms with Crippen molar-refractivity contribution in [3.8, 4) is 0 Å². The van der Waals surface area contributed by atoms with Crippen LogP contribution in [-0.4, -0.2) is 25.4 Å². The number of hydrogen-bond acceptors (Lipinski definition) is 3. The summed E-state index contributed by atoms with van der Waals surface area (Å²) in [4.78, 5) is 30.2. The minimum absolute atomic E-state index is 0.166. The third-order valence-electron chi connectivity index (χ3n) is 3.88. The van der Waals surface area contributed by atoms with Gasteiger partial charge in [0.1, 0.15) is 11.3 Å². The van der Waals surface area contributed by atoms with Crippen LogP contribution in [0.25, 0.3) is 21.9 Å². The number of halogens is 1. The van der Waals surface area contributed by atoms with Gasteiger partial charge in [0, 0.05) is 24.1 Å². The molecular formula is C16H12FN5O2. The van der Waals surface area contributed by atoms with Crippen LogP contribution in [0.15, 0.2) is 51.2 Å². The molecule has 0 fully saturated rings. The summed E-state index contributed by atoms with van der Waals surface area (Å²) in [6.45, 7) is 0. The Hall–Kier alpha value is -3.42. The SMILES string of the molecule is Cn1cccc1/C=N/n1c(=O)[nH]c2c([nH]c3ccc(F)cc32)c1=O. The standard InChI is InChI=1S/C16H12FN5O2/c1-21-6-2-3-10(21)8-18-22-15(23)14-13(20-16(22)24)11-7-9(17)4-5-12(11)19-14/h2-8,19H,1H3,(H,20,24)/b18-8+. The highest BCUT2D eigenvalue weighted by molar-refractivity contribution is 6.04. The van der Waals surface area contributed by atoms with Gasteiger partial charge in [0.05, 0.1) is 17.4 Å². The molecule has 0 aliphatic carbocycles. The van der Waals surface area contributed by atoms with E-state index < -0.39 is 17.1 Å². The van der Waals surface area contributed by atoms with Crippen LogP contribution in [-0.2, 0) is 7.05 Å². The number of aromatic amines is 2. The van der Waals surface area contributed by atoms with E-state index in [9.17, 15) is 14.0 Å². The van der Waals surface area contributed by atoms with Crippen LogP contribution in [0.4, 0.5) is 4.39 Å². The summed E-state index contributed by atoms with van der Waals surface area (Å²) in [5, 5.41) is 4.41. The third-order valence-corrected chi connectivity index (χ3v) is 3.88. The summed E-state index contributed by atoms with van der Waals surface area (Å²) in [6.07, 6.45) is 3.24. The fourth-order valence-corrected chi connectivity index (χ4v) is 2.64. The van der Waals surface area contributed by atoms with E-state index in [1.165, 1.54) is 24.4 Å². The van der Waals surface area contributed by atoms with Crippen molar-refractivity contribution >= 4 is 28.2 Å². The molecule has 8 heteroatoms. The monoisotopic (exact) mass is 325 g/mol. The highest BCUT2D eigenvalue weighted by atomic mass is 19.1. The van der Waals surface area contributed by atoms with Gasteiger partial charge in [-0.15, -0.1) is 4.68 Å². The molecule has 4 aromatic rings. The molecule has 24 heavy (non-hydrogen) atoms. The van der Waals surface area contributed by atoms with Crippen molar-refractivity contribution in [2.75, 3.05) is 0 Å². The lowest BCUT2D eigenvalue weighted by Crippen LogP contribution is -2.32. The molecule has 0 atom stereocenters. The molecule has 3 heterocycles. The fraction of sp³-hybridized carbons (Fsp3) is 0.0625. The van der Waals surface area contributed by atoms with Crippen molar-refractivity contribution in [2.45, 2.75) is 0 Å². The molecule has 120 valence electrons. The van der Waals surface area contributed by atoms with E-state index in [0.29, 0.717) is 10.9 Å². The predicted molar refractivity (Wildman–Crippen MR) is 89.0 cm³/mol. The maximum atomic E-state index is 13.4. The van der Waals surface area contributed by atoms with E-state index in [1.807, 2.05) is 19.3 Å².